The van der Waals surface area contributed by atoms with Crippen LogP contribution in [0.3, 0.4) is 0 Å². The van der Waals surface area contributed by atoms with Gasteiger partial charge in [0.1, 0.15) is 0 Å². The quantitative estimate of drug-likeness (QED) is 0.707. The number of imide groups is 1. The van der Waals surface area contributed by atoms with Gasteiger partial charge in [0, 0.05) is 31.1 Å². The minimum Gasteiger partial charge on any atom is -0.383 e. The van der Waals surface area contributed by atoms with Crippen molar-refractivity contribution in [1.82, 2.24) is 15.5 Å². The van der Waals surface area contributed by atoms with E-state index in [9.17, 15) is 9.59 Å². The minimum atomic E-state index is -0.469. The number of urea groups is 1. The standard InChI is InChI=1S/C14H21N3O3S/c1-20-7-6-15-14(19)16-13(18)10-17(11-4-5-11)9-12-3-2-8-21-12/h2-3,8,11H,4-7,9-10H2,1H3,(H2,15,16,18,19). The van der Waals surface area contributed by atoms with Gasteiger partial charge in [0.25, 0.3) is 0 Å². The maximum Gasteiger partial charge on any atom is 0.321 e. The topological polar surface area (TPSA) is 70.7 Å². The summed E-state index contributed by atoms with van der Waals surface area (Å²) in [7, 11) is 1.56. The highest BCUT2D eigenvalue weighted by Gasteiger charge is 2.30. The van der Waals surface area contributed by atoms with Crippen molar-refractivity contribution in [3.05, 3.63) is 22.4 Å². The number of amides is 3. The molecule has 116 valence electrons. The van der Waals surface area contributed by atoms with Crippen LogP contribution in [0.4, 0.5) is 4.79 Å². The molecule has 1 aromatic heterocycles. The number of carbonyl (C=O) groups is 2. The Balaban J connectivity index is 1.74. The normalized spacial score (nSPS) is 14.2. The van der Waals surface area contributed by atoms with Crippen molar-refractivity contribution < 1.29 is 14.3 Å². The molecular formula is C14H21N3O3S. The van der Waals surface area contributed by atoms with E-state index in [0.717, 1.165) is 19.4 Å². The number of ether oxygens (including phenoxy) is 1. The summed E-state index contributed by atoms with van der Waals surface area (Å²) in [5, 5.41) is 6.95. The van der Waals surface area contributed by atoms with E-state index in [-0.39, 0.29) is 12.5 Å². The van der Waals surface area contributed by atoms with Crippen LogP contribution in [-0.4, -0.2) is 49.7 Å². The van der Waals surface area contributed by atoms with Crippen LogP contribution in [-0.2, 0) is 16.1 Å². The van der Waals surface area contributed by atoms with E-state index in [4.69, 9.17) is 4.74 Å². The number of methoxy groups -OCH3 is 1. The Morgan fingerprint density at radius 2 is 2.29 bits per heavy atom. The molecule has 0 aromatic carbocycles. The van der Waals surface area contributed by atoms with Crippen molar-refractivity contribution in [3.8, 4) is 0 Å². The minimum absolute atomic E-state index is 0.250. The predicted molar refractivity (Wildman–Crippen MR) is 81.2 cm³/mol. The largest absolute Gasteiger partial charge is 0.383 e. The summed E-state index contributed by atoms with van der Waals surface area (Å²) in [6, 6.07) is 4.07. The monoisotopic (exact) mass is 311 g/mol. The summed E-state index contributed by atoms with van der Waals surface area (Å²) in [5.74, 6) is -0.270. The van der Waals surface area contributed by atoms with Gasteiger partial charge in [-0.1, -0.05) is 6.07 Å². The number of carbonyl (C=O) groups excluding carboxylic acids is 2. The fourth-order valence-corrected chi connectivity index (χ4v) is 2.75. The molecule has 0 atom stereocenters. The van der Waals surface area contributed by atoms with E-state index in [1.54, 1.807) is 18.4 Å². The van der Waals surface area contributed by atoms with Gasteiger partial charge in [0.2, 0.25) is 5.91 Å². The zero-order valence-corrected chi connectivity index (χ0v) is 12.9. The average Bonchev–Trinajstić information content (AvgIpc) is 3.17. The highest BCUT2D eigenvalue weighted by Crippen LogP contribution is 2.28. The molecule has 0 radical (unpaired) electrons. The van der Waals surface area contributed by atoms with Crippen LogP contribution in [0, 0.1) is 0 Å². The first-order valence-corrected chi connectivity index (χ1v) is 7.90. The van der Waals surface area contributed by atoms with Crippen molar-refractivity contribution >= 4 is 23.3 Å². The molecule has 0 aliphatic heterocycles. The molecule has 2 rings (SSSR count). The van der Waals surface area contributed by atoms with Crippen molar-refractivity contribution in [1.29, 1.82) is 0 Å². The van der Waals surface area contributed by atoms with E-state index in [1.165, 1.54) is 4.88 Å². The summed E-state index contributed by atoms with van der Waals surface area (Å²) in [6.45, 7) is 1.83. The van der Waals surface area contributed by atoms with E-state index < -0.39 is 6.03 Å². The third-order valence-electron chi connectivity index (χ3n) is 3.19. The van der Waals surface area contributed by atoms with Crippen LogP contribution < -0.4 is 10.6 Å². The molecule has 21 heavy (non-hydrogen) atoms. The summed E-state index contributed by atoms with van der Waals surface area (Å²) >= 11 is 1.68. The van der Waals surface area contributed by atoms with Crippen LogP contribution in [0.15, 0.2) is 17.5 Å². The molecule has 1 heterocycles. The van der Waals surface area contributed by atoms with Crippen molar-refractivity contribution in [2.75, 3.05) is 26.8 Å². The number of nitrogens with zero attached hydrogens (tertiary/aromatic N) is 1. The lowest BCUT2D eigenvalue weighted by atomic mass is 10.3. The van der Waals surface area contributed by atoms with Gasteiger partial charge < -0.3 is 10.1 Å². The van der Waals surface area contributed by atoms with Gasteiger partial charge in [0.05, 0.1) is 13.2 Å². The predicted octanol–water partition coefficient (Wildman–Crippen LogP) is 1.18. The summed E-state index contributed by atoms with van der Waals surface area (Å²) in [6.07, 6.45) is 2.25. The van der Waals surface area contributed by atoms with Crippen LogP contribution >= 0.6 is 11.3 Å². The maximum atomic E-state index is 11.9. The molecule has 1 aliphatic rings. The fourth-order valence-electron chi connectivity index (χ4n) is 2.02. The molecular weight excluding hydrogens is 290 g/mol. The lowest BCUT2D eigenvalue weighted by molar-refractivity contribution is -0.121. The molecule has 3 amide bonds. The Bertz CT molecular complexity index is 460. The van der Waals surface area contributed by atoms with E-state index in [0.29, 0.717) is 19.2 Å². The number of hydrogen-bond donors (Lipinski definition) is 2. The van der Waals surface area contributed by atoms with Crippen molar-refractivity contribution in [2.45, 2.75) is 25.4 Å². The third kappa shape index (κ3) is 5.82. The van der Waals surface area contributed by atoms with Gasteiger partial charge in [-0.05, 0) is 24.3 Å². The number of hydrogen-bond acceptors (Lipinski definition) is 5. The molecule has 1 saturated carbocycles. The van der Waals surface area contributed by atoms with Crippen molar-refractivity contribution in [3.63, 3.8) is 0 Å². The van der Waals surface area contributed by atoms with Crippen LogP contribution in [0.1, 0.15) is 17.7 Å². The lowest BCUT2D eigenvalue weighted by Gasteiger charge is -2.20. The van der Waals surface area contributed by atoms with Crippen LogP contribution in [0.2, 0.25) is 0 Å². The summed E-state index contributed by atoms with van der Waals surface area (Å²) in [4.78, 5) is 26.8. The molecule has 2 N–H and O–H groups in total. The number of rotatable bonds is 8. The highest BCUT2D eigenvalue weighted by molar-refractivity contribution is 7.09. The smallest absolute Gasteiger partial charge is 0.321 e. The van der Waals surface area contributed by atoms with Crippen LogP contribution in [0.25, 0.3) is 0 Å². The summed E-state index contributed by atoms with van der Waals surface area (Å²) < 4.78 is 4.83. The fraction of sp³-hybridized carbons (Fsp3) is 0.571. The Kier molecular flexibility index (Phi) is 6.16. The average molecular weight is 311 g/mol. The zero-order chi connectivity index (χ0) is 15.1. The van der Waals surface area contributed by atoms with Gasteiger partial charge >= 0.3 is 6.03 Å². The zero-order valence-electron chi connectivity index (χ0n) is 12.1. The molecule has 7 heteroatoms. The molecule has 1 aromatic rings. The third-order valence-corrected chi connectivity index (χ3v) is 4.05. The van der Waals surface area contributed by atoms with Crippen LogP contribution in [0.5, 0.6) is 0 Å². The molecule has 6 nitrogen and oxygen atoms in total. The van der Waals surface area contributed by atoms with E-state index >= 15 is 0 Å². The maximum absolute atomic E-state index is 11.9. The van der Waals surface area contributed by atoms with Gasteiger partial charge in [-0.25, -0.2) is 4.79 Å². The molecule has 1 aliphatic carbocycles. The second-order valence-corrected chi connectivity index (χ2v) is 6.04. The molecule has 0 saturated heterocycles. The van der Waals surface area contributed by atoms with Gasteiger partial charge in [-0.2, -0.15) is 0 Å². The van der Waals surface area contributed by atoms with E-state index in [1.807, 2.05) is 11.4 Å². The Labute approximate surface area is 128 Å². The number of thiophene rings is 1. The van der Waals surface area contributed by atoms with E-state index in [2.05, 4.69) is 21.6 Å². The molecule has 0 spiro atoms. The number of nitrogens with one attached hydrogen (secondary N) is 2. The Morgan fingerprint density at radius 3 is 2.90 bits per heavy atom. The second-order valence-electron chi connectivity index (χ2n) is 5.01. The summed E-state index contributed by atoms with van der Waals surface area (Å²) in [5.41, 5.74) is 0. The second kappa shape index (κ2) is 8.11. The van der Waals surface area contributed by atoms with Crippen molar-refractivity contribution in [2.24, 2.45) is 0 Å². The molecule has 0 unspecified atom stereocenters. The first-order valence-electron chi connectivity index (χ1n) is 7.02. The SMILES string of the molecule is COCCNC(=O)NC(=O)CN(Cc1cccs1)C1CC1. The van der Waals surface area contributed by atoms with Gasteiger partial charge in [-0.3, -0.25) is 15.0 Å². The molecule has 1 fully saturated rings. The molecule has 0 bridgehead atoms. The Morgan fingerprint density at radius 1 is 1.48 bits per heavy atom. The Hall–Kier alpha value is -1.44. The highest BCUT2D eigenvalue weighted by atomic mass is 32.1. The van der Waals surface area contributed by atoms with Gasteiger partial charge in [0.15, 0.2) is 0 Å². The first-order chi connectivity index (χ1) is 10.2. The first kappa shape index (κ1) is 15.9. The lowest BCUT2D eigenvalue weighted by Crippen LogP contribution is -2.45. The van der Waals surface area contributed by atoms with Gasteiger partial charge in [-0.15, -0.1) is 11.3 Å².